The van der Waals surface area contributed by atoms with E-state index in [1.165, 1.54) is 4.88 Å². The van der Waals surface area contributed by atoms with E-state index in [2.05, 4.69) is 48.1 Å². The van der Waals surface area contributed by atoms with E-state index >= 15 is 0 Å². The number of nitrogens with zero attached hydrogens (tertiary/aromatic N) is 1. The third-order valence-electron chi connectivity index (χ3n) is 5.24. The van der Waals surface area contributed by atoms with Crippen molar-refractivity contribution in [2.45, 2.75) is 40.0 Å². The fourth-order valence-corrected chi connectivity index (χ4v) is 5.33. The van der Waals surface area contributed by atoms with Gasteiger partial charge >= 0.3 is 0 Å². The second-order valence-electron chi connectivity index (χ2n) is 7.93. The van der Waals surface area contributed by atoms with Gasteiger partial charge in [-0.3, -0.25) is 4.79 Å². The Bertz CT molecular complexity index is 921. The maximum Gasteiger partial charge on any atom is 0.256 e. The van der Waals surface area contributed by atoms with Crippen LogP contribution in [0.4, 0.5) is 5.00 Å². The van der Waals surface area contributed by atoms with Gasteiger partial charge in [0.25, 0.3) is 5.91 Å². The molecule has 1 aliphatic rings. The number of hydrogen-bond donors (Lipinski definition) is 1. The molecule has 1 aromatic heterocycles. The van der Waals surface area contributed by atoms with Crippen molar-refractivity contribution in [1.82, 2.24) is 0 Å². The summed E-state index contributed by atoms with van der Waals surface area (Å²) in [6.45, 7) is 6.81. The lowest BCUT2D eigenvalue weighted by Crippen LogP contribution is -2.26. The van der Waals surface area contributed by atoms with Crippen molar-refractivity contribution < 1.29 is 9.53 Å². The van der Waals surface area contributed by atoms with E-state index < -0.39 is 0 Å². The van der Waals surface area contributed by atoms with Gasteiger partial charge in [-0.1, -0.05) is 20.8 Å². The zero-order chi connectivity index (χ0) is 19.8. The van der Waals surface area contributed by atoms with Crippen LogP contribution in [0.15, 0.2) is 22.7 Å². The van der Waals surface area contributed by atoms with E-state index in [0.29, 0.717) is 27.8 Å². The number of benzene rings is 1. The van der Waals surface area contributed by atoms with Crippen LogP contribution in [0.25, 0.3) is 0 Å². The Hall–Kier alpha value is -1.84. The molecule has 0 saturated carbocycles. The summed E-state index contributed by atoms with van der Waals surface area (Å²) in [7, 11) is 1.58. The Kier molecular flexibility index (Phi) is 5.64. The third kappa shape index (κ3) is 4.04. The molecule has 0 saturated heterocycles. The van der Waals surface area contributed by atoms with E-state index in [4.69, 9.17) is 4.74 Å². The van der Waals surface area contributed by atoms with E-state index in [0.717, 1.165) is 29.3 Å². The van der Waals surface area contributed by atoms with Gasteiger partial charge in [-0.15, -0.1) is 11.3 Å². The topological polar surface area (TPSA) is 62.1 Å². The Labute approximate surface area is 172 Å². The molecule has 1 atom stereocenters. The number of methoxy groups -OCH3 is 1. The lowest BCUT2D eigenvalue weighted by atomic mass is 9.72. The summed E-state index contributed by atoms with van der Waals surface area (Å²) in [5, 5.41) is 13.3. The van der Waals surface area contributed by atoms with E-state index in [1.807, 2.05) is 0 Å². The first-order chi connectivity index (χ1) is 12.7. The molecule has 0 bridgehead atoms. The zero-order valence-corrected chi connectivity index (χ0v) is 18.4. The third-order valence-corrected chi connectivity index (χ3v) is 7.03. The van der Waals surface area contributed by atoms with Crippen LogP contribution in [0.1, 0.15) is 53.6 Å². The predicted molar refractivity (Wildman–Crippen MR) is 113 cm³/mol. The summed E-state index contributed by atoms with van der Waals surface area (Å²) >= 11 is 4.96. The van der Waals surface area contributed by atoms with E-state index in [-0.39, 0.29) is 11.3 Å². The first kappa shape index (κ1) is 19.9. The lowest BCUT2D eigenvalue weighted by Gasteiger charge is -2.33. The number of anilines is 1. The van der Waals surface area contributed by atoms with Crippen molar-refractivity contribution in [2.24, 2.45) is 11.3 Å². The van der Waals surface area contributed by atoms with Crippen molar-refractivity contribution in [1.29, 1.82) is 5.26 Å². The van der Waals surface area contributed by atoms with Crippen LogP contribution in [0.2, 0.25) is 0 Å². The first-order valence-electron chi connectivity index (χ1n) is 8.94. The molecule has 1 aliphatic carbocycles. The van der Waals surface area contributed by atoms with Crippen molar-refractivity contribution >= 4 is 38.2 Å². The number of amides is 1. The lowest BCUT2D eigenvalue weighted by molar-refractivity contribution is 0.102. The van der Waals surface area contributed by atoms with Crippen LogP contribution in [0.5, 0.6) is 5.75 Å². The smallest absolute Gasteiger partial charge is 0.256 e. The highest BCUT2D eigenvalue weighted by molar-refractivity contribution is 9.10. The average molecular weight is 447 g/mol. The van der Waals surface area contributed by atoms with Gasteiger partial charge in [0.2, 0.25) is 0 Å². The highest BCUT2D eigenvalue weighted by atomic mass is 79.9. The molecule has 0 spiro atoms. The summed E-state index contributed by atoms with van der Waals surface area (Å²) in [6.07, 6.45) is 2.96. The van der Waals surface area contributed by atoms with Gasteiger partial charge in [-0.05, 0) is 70.3 Å². The number of ether oxygens (including phenoxy) is 1. The number of nitrogens with one attached hydrogen (secondary N) is 1. The number of hydrogen-bond acceptors (Lipinski definition) is 4. The molecule has 1 heterocycles. The summed E-state index contributed by atoms with van der Waals surface area (Å²) in [4.78, 5) is 13.9. The van der Waals surface area contributed by atoms with Crippen LogP contribution in [0.3, 0.4) is 0 Å². The molecule has 1 N–H and O–H groups in total. The van der Waals surface area contributed by atoms with E-state index in [9.17, 15) is 10.1 Å². The van der Waals surface area contributed by atoms with Crippen molar-refractivity contribution in [3.8, 4) is 11.8 Å². The summed E-state index contributed by atoms with van der Waals surface area (Å²) < 4.78 is 5.93. The van der Waals surface area contributed by atoms with Gasteiger partial charge in [-0.25, -0.2) is 0 Å². The number of carbonyl (C=O) groups excluding carboxylic acids is 1. The van der Waals surface area contributed by atoms with Crippen molar-refractivity contribution in [3.05, 3.63) is 44.2 Å². The molecule has 142 valence electrons. The molecule has 6 heteroatoms. The average Bonchev–Trinajstić information content (AvgIpc) is 2.96. The molecule has 2 aromatic rings. The van der Waals surface area contributed by atoms with Crippen molar-refractivity contribution in [2.75, 3.05) is 12.4 Å². The zero-order valence-electron chi connectivity index (χ0n) is 16.0. The maximum absolute atomic E-state index is 12.7. The fourth-order valence-electron chi connectivity index (χ4n) is 3.51. The molecular weight excluding hydrogens is 424 g/mol. The number of nitriles is 1. The number of thiophene rings is 1. The van der Waals surface area contributed by atoms with Crippen LogP contribution < -0.4 is 10.1 Å². The first-order valence-corrected chi connectivity index (χ1v) is 10.5. The summed E-state index contributed by atoms with van der Waals surface area (Å²) in [5.74, 6) is 1.04. The number of carbonyl (C=O) groups is 1. The molecule has 0 unspecified atom stereocenters. The van der Waals surface area contributed by atoms with Gasteiger partial charge in [0, 0.05) is 10.4 Å². The minimum atomic E-state index is -0.221. The molecule has 0 aliphatic heterocycles. The second kappa shape index (κ2) is 7.65. The summed E-state index contributed by atoms with van der Waals surface area (Å²) in [6, 6.07) is 7.50. The fraction of sp³-hybridized carbons (Fsp3) is 0.429. The molecule has 0 fully saturated rings. The monoisotopic (exact) mass is 446 g/mol. The number of fused-ring (bicyclic) bond motifs is 1. The normalized spacial score (nSPS) is 16.4. The van der Waals surface area contributed by atoms with Crippen LogP contribution in [-0.2, 0) is 12.8 Å². The minimum Gasteiger partial charge on any atom is -0.496 e. The number of halogens is 1. The highest BCUT2D eigenvalue weighted by Crippen LogP contribution is 2.44. The largest absolute Gasteiger partial charge is 0.496 e. The maximum atomic E-state index is 12.7. The number of rotatable bonds is 3. The Balaban J connectivity index is 1.86. The van der Waals surface area contributed by atoms with Gasteiger partial charge in [-0.2, -0.15) is 5.26 Å². The molecule has 1 aromatic carbocycles. The summed E-state index contributed by atoms with van der Waals surface area (Å²) in [5.41, 5.74) is 2.51. The van der Waals surface area contributed by atoms with Gasteiger partial charge < -0.3 is 10.1 Å². The molecule has 1 amide bonds. The molecule has 3 rings (SSSR count). The Morgan fingerprint density at radius 1 is 1.41 bits per heavy atom. The van der Waals surface area contributed by atoms with Crippen LogP contribution in [-0.4, -0.2) is 13.0 Å². The Morgan fingerprint density at radius 2 is 2.15 bits per heavy atom. The van der Waals surface area contributed by atoms with Gasteiger partial charge in [0.05, 0.1) is 17.1 Å². The highest BCUT2D eigenvalue weighted by Gasteiger charge is 2.32. The van der Waals surface area contributed by atoms with Gasteiger partial charge in [0.1, 0.15) is 16.8 Å². The SMILES string of the molecule is COc1ccc(C(=O)Nc2sc3c(c2C#N)CC[C@H](C(C)(C)C)C3)cc1Br. The molecular formula is C21H23BrN2O2S. The van der Waals surface area contributed by atoms with E-state index in [1.54, 1.807) is 36.6 Å². The van der Waals surface area contributed by atoms with Crippen molar-refractivity contribution in [3.63, 3.8) is 0 Å². The molecule has 4 nitrogen and oxygen atoms in total. The molecule has 27 heavy (non-hydrogen) atoms. The van der Waals surface area contributed by atoms with Crippen LogP contribution >= 0.6 is 27.3 Å². The Morgan fingerprint density at radius 3 is 2.74 bits per heavy atom. The predicted octanol–water partition coefficient (Wildman–Crippen LogP) is 5.79. The van der Waals surface area contributed by atoms with Gasteiger partial charge in [0.15, 0.2) is 0 Å². The quantitative estimate of drug-likeness (QED) is 0.648. The molecule has 0 radical (unpaired) electrons. The minimum absolute atomic E-state index is 0.221. The second-order valence-corrected chi connectivity index (χ2v) is 9.89. The standard InChI is InChI=1S/C21H23BrN2O2S/c1-21(2,3)13-6-7-14-15(11-23)20(27-18(14)10-13)24-19(25)12-5-8-17(26-4)16(22)9-12/h5,8-9,13H,6-7,10H2,1-4H3,(H,24,25)/t13-/m0/s1. The van der Waals surface area contributed by atoms with Crippen LogP contribution in [0, 0.1) is 22.7 Å².